The zero-order valence-electron chi connectivity index (χ0n) is 14.2. The Morgan fingerprint density at radius 1 is 1.23 bits per heavy atom. The van der Waals surface area contributed by atoms with Crippen LogP contribution in [0.4, 0.5) is 0 Å². The predicted octanol–water partition coefficient (Wildman–Crippen LogP) is 4.44. The van der Waals surface area contributed by atoms with Gasteiger partial charge >= 0.3 is 0 Å². The second-order valence-corrected chi connectivity index (χ2v) is 8.52. The highest BCUT2D eigenvalue weighted by atomic mass is 16.4. The van der Waals surface area contributed by atoms with E-state index < -0.39 is 0 Å². The Kier molecular flexibility index (Phi) is 3.15. The molecule has 0 spiro atoms. The first kappa shape index (κ1) is 14.6. The van der Waals surface area contributed by atoms with Crippen LogP contribution in [0, 0.1) is 35.0 Å². The molecule has 22 heavy (non-hydrogen) atoms. The number of piperidine rings is 1. The molecule has 0 unspecified atom stereocenters. The van der Waals surface area contributed by atoms with Crippen molar-refractivity contribution >= 4 is 5.84 Å². The van der Waals surface area contributed by atoms with Crippen LogP contribution in [-0.4, -0.2) is 23.0 Å². The molecule has 1 N–H and O–H groups in total. The van der Waals surface area contributed by atoms with Gasteiger partial charge in [-0.25, -0.2) is 0 Å². The fourth-order valence-electron chi connectivity index (χ4n) is 6.44. The van der Waals surface area contributed by atoms with Crippen LogP contribution in [0.1, 0.15) is 58.8 Å². The minimum absolute atomic E-state index is 0.274. The summed E-state index contributed by atoms with van der Waals surface area (Å²) in [6.45, 7) is 4.98. The molecule has 0 aromatic rings. The van der Waals surface area contributed by atoms with Gasteiger partial charge in [0.1, 0.15) is 5.84 Å². The topological polar surface area (TPSA) is 35.8 Å². The maximum Gasteiger partial charge on any atom is 0.148 e. The molecule has 4 rings (SSSR count). The van der Waals surface area contributed by atoms with Gasteiger partial charge in [0.05, 0.1) is 0 Å². The smallest absolute Gasteiger partial charge is 0.148 e. The van der Waals surface area contributed by atoms with Crippen LogP contribution in [-0.2, 0) is 0 Å². The summed E-state index contributed by atoms with van der Waals surface area (Å²) in [5.41, 5.74) is 2.19. The Balaban J connectivity index is 1.71. The van der Waals surface area contributed by atoms with Crippen molar-refractivity contribution < 1.29 is 5.21 Å². The first-order chi connectivity index (χ1) is 10.5. The van der Waals surface area contributed by atoms with Gasteiger partial charge in [-0.3, -0.25) is 0 Å². The normalized spacial score (nSPS) is 49.4. The van der Waals surface area contributed by atoms with E-state index in [0.717, 1.165) is 36.4 Å². The van der Waals surface area contributed by atoms with E-state index in [0.29, 0.717) is 5.41 Å². The number of allylic oxidation sites excluding steroid dienone is 2. The molecule has 3 heteroatoms. The summed E-state index contributed by atoms with van der Waals surface area (Å²) in [5.74, 6) is 3.38. The van der Waals surface area contributed by atoms with E-state index in [1.54, 1.807) is 0 Å². The SMILES string of the molecule is CN1C2=CC[C@H]3[C@@H]4CC[CH][C@@]4(C)CC[C@@H]3[C@@]2(C)CCC1=NO. The quantitative estimate of drug-likeness (QED) is 0.530. The fourth-order valence-corrected chi connectivity index (χ4v) is 6.44. The molecule has 3 aliphatic carbocycles. The van der Waals surface area contributed by atoms with Gasteiger partial charge in [0.2, 0.25) is 0 Å². The van der Waals surface area contributed by atoms with E-state index in [4.69, 9.17) is 0 Å². The average molecular weight is 301 g/mol. The highest BCUT2D eigenvalue weighted by molar-refractivity contribution is 5.84. The Bertz CT molecular complexity index is 540. The van der Waals surface area contributed by atoms with Crippen molar-refractivity contribution in [2.24, 2.45) is 33.7 Å². The zero-order chi connectivity index (χ0) is 15.5. The summed E-state index contributed by atoms with van der Waals surface area (Å²) >= 11 is 0. The second kappa shape index (κ2) is 4.75. The van der Waals surface area contributed by atoms with Crippen LogP contribution in [0.2, 0.25) is 0 Å². The minimum atomic E-state index is 0.274. The van der Waals surface area contributed by atoms with Crippen molar-refractivity contribution in [2.75, 3.05) is 7.05 Å². The fraction of sp³-hybridized carbons (Fsp3) is 0.789. The summed E-state index contributed by atoms with van der Waals surface area (Å²) in [5, 5.41) is 12.8. The molecule has 4 aliphatic rings. The van der Waals surface area contributed by atoms with E-state index in [1.807, 2.05) is 0 Å². The monoisotopic (exact) mass is 301 g/mol. The lowest BCUT2D eigenvalue weighted by atomic mass is 9.50. The predicted molar refractivity (Wildman–Crippen MR) is 88.4 cm³/mol. The van der Waals surface area contributed by atoms with Gasteiger partial charge < -0.3 is 10.1 Å². The van der Waals surface area contributed by atoms with Crippen molar-refractivity contribution in [3.63, 3.8) is 0 Å². The van der Waals surface area contributed by atoms with Gasteiger partial charge in [-0.05, 0) is 68.1 Å². The van der Waals surface area contributed by atoms with Crippen molar-refractivity contribution in [1.29, 1.82) is 0 Å². The summed E-state index contributed by atoms with van der Waals surface area (Å²) in [7, 11) is 2.08. The first-order valence-electron chi connectivity index (χ1n) is 8.99. The molecule has 0 aromatic heterocycles. The van der Waals surface area contributed by atoms with Gasteiger partial charge in [0.25, 0.3) is 0 Å². The maximum atomic E-state index is 9.24. The lowest BCUT2D eigenvalue weighted by molar-refractivity contribution is -0.0190. The van der Waals surface area contributed by atoms with Crippen LogP contribution >= 0.6 is 0 Å². The molecule has 1 radical (unpaired) electrons. The number of rotatable bonds is 0. The summed E-state index contributed by atoms with van der Waals surface area (Å²) < 4.78 is 0. The maximum absolute atomic E-state index is 9.24. The Morgan fingerprint density at radius 3 is 2.82 bits per heavy atom. The van der Waals surface area contributed by atoms with Crippen molar-refractivity contribution in [1.82, 2.24) is 4.90 Å². The molecule has 0 aromatic carbocycles. The van der Waals surface area contributed by atoms with E-state index >= 15 is 0 Å². The molecule has 2 saturated carbocycles. The third-order valence-corrected chi connectivity index (χ3v) is 7.68. The van der Waals surface area contributed by atoms with E-state index in [2.05, 4.69) is 43.4 Å². The third kappa shape index (κ3) is 1.77. The number of hydrogen-bond donors (Lipinski definition) is 1. The Morgan fingerprint density at radius 2 is 2.05 bits per heavy atom. The van der Waals surface area contributed by atoms with E-state index in [9.17, 15) is 5.21 Å². The summed E-state index contributed by atoms with van der Waals surface area (Å²) in [4.78, 5) is 2.16. The standard InChI is InChI=1S/C19H29N2O/c1-18-10-4-5-14(18)13-6-7-16-19(2,15(13)8-11-18)12-9-17(20-22)21(16)3/h7,10,13-15,22H,4-6,8-9,11-12H2,1-3H3/t13-,14-,15-,18-,19+/m0/s1. The van der Waals surface area contributed by atoms with Crippen LogP contribution < -0.4 is 0 Å². The summed E-state index contributed by atoms with van der Waals surface area (Å²) in [6.07, 6.45) is 13.8. The molecule has 121 valence electrons. The van der Waals surface area contributed by atoms with Crippen LogP contribution in [0.25, 0.3) is 0 Å². The average Bonchev–Trinajstić information content (AvgIpc) is 2.89. The van der Waals surface area contributed by atoms with Crippen LogP contribution in [0.5, 0.6) is 0 Å². The number of nitrogens with zero attached hydrogens (tertiary/aromatic N) is 2. The molecule has 1 saturated heterocycles. The van der Waals surface area contributed by atoms with Gasteiger partial charge in [-0.15, -0.1) is 0 Å². The molecular formula is C19H29N2O. The molecule has 0 amide bonds. The highest BCUT2D eigenvalue weighted by Crippen LogP contribution is 2.64. The Hall–Kier alpha value is -0.990. The molecule has 3 nitrogen and oxygen atoms in total. The lowest BCUT2D eigenvalue weighted by Crippen LogP contribution is -2.52. The van der Waals surface area contributed by atoms with Crippen LogP contribution in [0.15, 0.2) is 16.9 Å². The Labute approximate surface area is 134 Å². The van der Waals surface area contributed by atoms with Gasteiger partial charge in [-0.2, -0.15) is 0 Å². The van der Waals surface area contributed by atoms with Gasteiger partial charge in [0.15, 0.2) is 0 Å². The lowest BCUT2D eigenvalue weighted by Gasteiger charge is -2.58. The number of oxime groups is 1. The first-order valence-corrected chi connectivity index (χ1v) is 8.99. The van der Waals surface area contributed by atoms with Gasteiger partial charge in [-0.1, -0.05) is 25.1 Å². The highest BCUT2D eigenvalue weighted by Gasteiger charge is 2.56. The molecule has 3 fully saturated rings. The second-order valence-electron chi connectivity index (χ2n) is 8.52. The molecule has 1 aliphatic heterocycles. The van der Waals surface area contributed by atoms with Crippen molar-refractivity contribution in [2.45, 2.75) is 58.8 Å². The van der Waals surface area contributed by atoms with Crippen molar-refractivity contribution in [3.05, 3.63) is 18.2 Å². The largest absolute Gasteiger partial charge is 0.409 e. The van der Waals surface area contributed by atoms with E-state index in [1.165, 1.54) is 37.8 Å². The molecular weight excluding hydrogens is 272 g/mol. The number of likely N-dealkylation sites (tertiary alicyclic amines) is 1. The van der Waals surface area contributed by atoms with E-state index in [-0.39, 0.29) is 5.41 Å². The molecule has 1 heterocycles. The molecule has 0 bridgehead atoms. The van der Waals surface area contributed by atoms with Crippen LogP contribution in [0.3, 0.4) is 0 Å². The molecule has 5 atom stereocenters. The third-order valence-electron chi connectivity index (χ3n) is 7.68. The number of amidine groups is 1. The van der Waals surface area contributed by atoms with Gasteiger partial charge in [0, 0.05) is 24.6 Å². The van der Waals surface area contributed by atoms with Crippen molar-refractivity contribution in [3.8, 4) is 0 Å². The minimum Gasteiger partial charge on any atom is -0.409 e. The number of hydrogen-bond acceptors (Lipinski definition) is 2. The summed E-state index contributed by atoms with van der Waals surface area (Å²) in [6, 6.07) is 0. The number of fused-ring (bicyclic) bond motifs is 5. The zero-order valence-corrected chi connectivity index (χ0v) is 14.2.